The van der Waals surface area contributed by atoms with E-state index in [4.69, 9.17) is 5.11 Å². The highest BCUT2D eigenvalue weighted by Gasteiger charge is 2.16. The van der Waals surface area contributed by atoms with E-state index < -0.39 is 5.97 Å². The number of nitrogens with zero attached hydrogens (tertiary/aromatic N) is 1. The normalized spacial score (nSPS) is 14.5. The van der Waals surface area contributed by atoms with E-state index >= 15 is 0 Å². The van der Waals surface area contributed by atoms with E-state index in [-0.39, 0.29) is 6.42 Å². The van der Waals surface area contributed by atoms with Crippen LogP contribution < -0.4 is 5.32 Å². The third-order valence-electron chi connectivity index (χ3n) is 4.07. The van der Waals surface area contributed by atoms with E-state index in [0.29, 0.717) is 6.42 Å². The van der Waals surface area contributed by atoms with Gasteiger partial charge in [0, 0.05) is 36.6 Å². The van der Waals surface area contributed by atoms with Gasteiger partial charge < -0.3 is 10.4 Å². The Bertz CT molecular complexity index is 688. The van der Waals surface area contributed by atoms with Crippen LogP contribution in [0.4, 0.5) is 5.69 Å². The third-order valence-corrected chi connectivity index (χ3v) is 4.07. The molecule has 4 heteroatoms. The molecule has 0 bridgehead atoms. The summed E-state index contributed by atoms with van der Waals surface area (Å²) in [6.07, 6.45) is 8.67. The van der Waals surface area contributed by atoms with E-state index in [1.165, 1.54) is 22.3 Å². The molecule has 4 nitrogen and oxygen atoms in total. The molecule has 1 aliphatic heterocycles. The maximum absolute atomic E-state index is 10.6. The summed E-state index contributed by atoms with van der Waals surface area (Å²) in [6.45, 7) is 0.760. The lowest BCUT2D eigenvalue weighted by Gasteiger charge is -2.11. The van der Waals surface area contributed by atoms with Crippen LogP contribution in [0.5, 0.6) is 0 Å². The van der Waals surface area contributed by atoms with Crippen molar-refractivity contribution in [2.45, 2.75) is 32.2 Å². The van der Waals surface area contributed by atoms with Crippen LogP contribution in [-0.2, 0) is 11.3 Å². The number of carboxylic acids is 1. The molecule has 2 heterocycles. The van der Waals surface area contributed by atoms with E-state index in [2.05, 4.69) is 34.6 Å². The molecule has 0 unspecified atom stereocenters. The first kappa shape index (κ1) is 15.3. The average Bonchev–Trinajstić information content (AvgIpc) is 2.72. The third kappa shape index (κ3) is 3.59. The summed E-state index contributed by atoms with van der Waals surface area (Å²) in [5.74, 6) is -0.724. The van der Waals surface area contributed by atoms with Gasteiger partial charge in [0.25, 0.3) is 0 Å². The predicted molar refractivity (Wildman–Crippen MR) is 91.2 cm³/mol. The molecule has 0 spiro atoms. The van der Waals surface area contributed by atoms with Crippen molar-refractivity contribution in [1.29, 1.82) is 0 Å². The number of para-hydroxylation sites is 1. The molecule has 23 heavy (non-hydrogen) atoms. The Morgan fingerprint density at radius 3 is 2.96 bits per heavy atom. The Morgan fingerprint density at radius 1 is 1.22 bits per heavy atom. The van der Waals surface area contributed by atoms with E-state index in [0.717, 1.165) is 25.1 Å². The second-order valence-electron chi connectivity index (χ2n) is 5.69. The molecule has 118 valence electrons. The Hall–Kier alpha value is -2.62. The Kier molecular flexibility index (Phi) is 4.71. The van der Waals surface area contributed by atoms with Crippen molar-refractivity contribution in [3.8, 4) is 0 Å². The van der Waals surface area contributed by atoms with E-state index in [1.54, 1.807) is 0 Å². The van der Waals surface area contributed by atoms with Gasteiger partial charge in [-0.15, -0.1) is 0 Å². The molecule has 3 rings (SSSR count). The number of unbranched alkanes of at least 4 members (excludes halogenated alkanes) is 2. The number of rotatable bonds is 5. The summed E-state index contributed by atoms with van der Waals surface area (Å²) in [4.78, 5) is 14.8. The lowest BCUT2D eigenvalue weighted by atomic mass is 9.94. The smallest absolute Gasteiger partial charge is 0.303 e. The molecule has 1 aromatic carbocycles. The van der Waals surface area contributed by atoms with Gasteiger partial charge in [0.05, 0.1) is 0 Å². The van der Waals surface area contributed by atoms with Gasteiger partial charge in [0.15, 0.2) is 0 Å². The molecular formula is C19H20N2O2. The predicted octanol–water partition coefficient (Wildman–Crippen LogP) is 4.08. The molecule has 0 saturated heterocycles. The minimum atomic E-state index is -0.724. The van der Waals surface area contributed by atoms with Crippen LogP contribution in [0.25, 0.3) is 5.57 Å². The molecular weight excluding hydrogens is 288 g/mol. The van der Waals surface area contributed by atoms with E-state index in [9.17, 15) is 4.79 Å². The number of anilines is 1. The number of allylic oxidation sites excluding steroid dienone is 1. The second kappa shape index (κ2) is 7.09. The van der Waals surface area contributed by atoms with Crippen molar-refractivity contribution in [2.75, 3.05) is 5.32 Å². The summed E-state index contributed by atoms with van der Waals surface area (Å²) in [7, 11) is 0. The first-order valence-corrected chi connectivity index (χ1v) is 7.94. The molecule has 2 N–H and O–H groups in total. The highest BCUT2D eigenvalue weighted by Crippen LogP contribution is 2.35. The van der Waals surface area contributed by atoms with Crippen LogP contribution in [0.3, 0.4) is 0 Å². The van der Waals surface area contributed by atoms with Gasteiger partial charge in [-0.2, -0.15) is 0 Å². The van der Waals surface area contributed by atoms with Crippen LogP contribution >= 0.6 is 0 Å². The fourth-order valence-electron chi connectivity index (χ4n) is 2.93. The van der Waals surface area contributed by atoms with Gasteiger partial charge in [-0.3, -0.25) is 9.78 Å². The van der Waals surface area contributed by atoms with Gasteiger partial charge in [0.1, 0.15) is 0 Å². The lowest BCUT2D eigenvalue weighted by Crippen LogP contribution is -1.99. The first-order chi connectivity index (χ1) is 11.3. The summed E-state index contributed by atoms with van der Waals surface area (Å²) in [5.41, 5.74) is 5.91. The van der Waals surface area contributed by atoms with Gasteiger partial charge in [-0.25, -0.2) is 0 Å². The maximum Gasteiger partial charge on any atom is 0.303 e. The number of hydrogen-bond donors (Lipinski definition) is 2. The second-order valence-corrected chi connectivity index (χ2v) is 5.69. The molecule has 0 aliphatic carbocycles. The quantitative estimate of drug-likeness (QED) is 0.817. The topological polar surface area (TPSA) is 62.2 Å². The minimum absolute atomic E-state index is 0.238. The van der Waals surface area contributed by atoms with Gasteiger partial charge >= 0.3 is 5.97 Å². The SMILES string of the molecule is O=C(O)CCCC/C=C1\c2ccncc2CNc2ccccc21. The molecule has 1 aromatic heterocycles. The maximum atomic E-state index is 10.6. The fourth-order valence-corrected chi connectivity index (χ4v) is 2.93. The van der Waals surface area contributed by atoms with Crippen LogP contribution in [0.1, 0.15) is 42.4 Å². The monoisotopic (exact) mass is 308 g/mol. The molecule has 0 atom stereocenters. The van der Waals surface area contributed by atoms with Crippen molar-refractivity contribution < 1.29 is 9.90 Å². The minimum Gasteiger partial charge on any atom is -0.481 e. The standard InChI is InChI=1S/C19H20N2O2/c22-19(23)9-3-1-2-6-16-15-10-11-20-12-14(15)13-21-18-8-5-4-7-17(16)18/h4-8,10-12,21H,1-3,9,13H2,(H,22,23)/b16-6+. The molecule has 1 aliphatic rings. The number of aliphatic carboxylic acids is 1. The van der Waals surface area contributed by atoms with E-state index in [1.807, 2.05) is 24.5 Å². The van der Waals surface area contributed by atoms with Crippen molar-refractivity contribution in [3.05, 3.63) is 65.5 Å². The number of aromatic nitrogens is 1. The van der Waals surface area contributed by atoms with Crippen LogP contribution in [0.15, 0.2) is 48.8 Å². The largest absolute Gasteiger partial charge is 0.481 e. The van der Waals surface area contributed by atoms with Crippen LogP contribution in [-0.4, -0.2) is 16.1 Å². The zero-order chi connectivity index (χ0) is 16.1. The van der Waals surface area contributed by atoms with Gasteiger partial charge in [-0.05, 0) is 48.1 Å². The lowest BCUT2D eigenvalue weighted by molar-refractivity contribution is -0.137. The zero-order valence-corrected chi connectivity index (χ0v) is 13.0. The van der Waals surface area contributed by atoms with Crippen molar-refractivity contribution in [2.24, 2.45) is 0 Å². The molecule has 2 aromatic rings. The van der Waals surface area contributed by atoms with Crippen LogP contribution in [0.2, 0.25) is 0 Å². The number of hydrogen-bond acceptors (Lipinski definition) is 3. The Morgan fingerprint density at radius 2 is 2.09 bits per heavy atom. The average molecular weight is 308 g/mol. The first-order valence-electron chi connectivity index (χ1n) is 7.94. The number of carbonyl (C=O) groups is 1. The van der Waals surface area contributed by atoms with Crippen molar-refractivity contribution in [3.63, 3.8) is 0 Å². The molecule has 0 saturated carbocycles. The zero-order valence-electron chi connectivity index (χ0n) is 13.0. The molecule has 0 radical (unpaired) electrons. The summed E-state index contributed by atoms with van der Waals surface area (Å²) < 4.78 is 0. The summed E-state index contributed by atoms with van der Waals surface area (Å²) in [6, 6.07) is 10.4. The fraction of sp³-hybridized carbons (Fsp3) is 0.263. The Labute approximate surface area is 135 Å². The number of carboxylic acid groups (broad SMARTS) is 1. The number of pyridine rings is 1. The van der Waals surface area contributed by atoms with Crippen molar-refractivity contribution >= 4 is 17.2 Å². The molecule has 0 amide bonds. The number of fused-ring (bicyclic) bond motifs is 2. The van der Waals surface area contributed by atoms with Crippen LogP contribution in [0, 0.1) is 0 Å². The summed E-state index contributed by atoms with van der Waals surface area (Å²) >= 11 is 0. The molecule has 0 fully saturated rings. The summed E-state index contributed by atoms with van der Waals surface area (Å²) in [5, 5.41) is 12.2. The van der Waals surface area contributed by atoms with Crippen molar-refractivity contribution in [1.82, 2.24) is 4.98 Å². The Balaban J connectivity index is 1.89. The highest BCUT2D eigenvalue weighted by atomic mass is 16.4. The highest BCUT2D eigenvalue weighted by molar-refractivity contribution is 5.88. The number of nitrogens with one attached hydrogen (secondary N) is 1. The van der Waals surface area contributed by atoms with Gasteiger partial charge in [0.2, 0.25) is 0 Å². The van der Waals surface area contributed by atoms with Gasteiger partial charge in [-0.1, -0.05) is 24.3 Å². The number of benzene rings is 1.